The van der Waals surface area contributed by atoms with Crippen molar-refractivity contribution in [3.63, 3.8) is 0 Å². The first-order chi connectivity index (χ1) is 13.1. The molecular formula is C20H20ClN3O3. The highest BCUT2D eigenvalue weighted by Gasteiger charge is 2.21. The van der Waals surface area contributed by atoms with Gasteiger partial charge >= 0.3 is 0 Å². The molecule has 0 fully saturated rings. The van der Waals surface area contributed by atoms with Crippen LogP contribution in [-0.2, 0) is 11.8 Å². The number of imidazole rings is 1. The number of hydrogen-bond donors (Lipinski definition) is 1. The topological polar surface area (TPSA) is 65.4 Å². The van der Waals surface area contributed by atoms with Crippen LogP contribution in [0.1, 0.15) is 17.4 Å². The lowest BCUT2D eigenvalue weighted by atomic mass is 10.1. The van der Waals surface area contributed by atoms with E-state index in [1.54, 1.807) is 37.6 Å². The highest BCUT2D eigenvalue weighted by Crippen LogP contribution is 2.24. The Morgan fingerprint density at radius 1 is 1.22 bits per heavy atom. The van der Waals surface area contributed by atoms with Crippen molar-refractivity contribution in [2.75, 3.05) is 13.7 Å². The lowest BCUT2D eigenvalue weighted by molar-refractivity contribution is -0.123. The van der Waals surface area contributed by atoms with Crippen molar-refractivity contribution in [3.05, 3.63) is 77.3 Å². The third-order valence-electron chi connectivity index (χ3n) is 4.07. The molecule has 6 nitrogen and oxygen atoms in total. The SMILES string of the molecule is COc1ccc(C(NC(=O)COc2ccccc2Cl)c2nccn2C)cc1. The first-order valence-electron chi connectivity index (χ1n) is 8.36. The summed E-state index contributed by atoms with van der Waals surface area (Å²) in [5.41, 5.74) is 0.885. The molecule has 2 aromatic carbocycles. The largest absolute Gasteiger partial charge is 0.497 e. The van der Waals surface area contributed by atoms with E-state index < -0.39 is 6.04 Å². The fraction of sp³-hybridized carbons (Fsp3) is 0.200. The Balaban J connectivity index is 1.76. The lowest BCUT2D eigenvalue weighted by Gasteiger charge is -2.19. The molecule has 0 saturated heterocycles. The zero-order valence-corrected chi connectivity index (χ0v) is 15.8. The number of methoxy groups -OCH3 is 1. The van der Waals surface area contributed by atoms with Gasteiger partial charge in [0.1, 0.15) is 23.4 Å². The van der Waals surface area contributed by atoms with Crippen LogP contribution >= 0.6 is 11.6 Å². The number of ether oxygens (including phenoxy) is 2. The van der Waals surface area contributed by atoms with Gasteiger partial charge in [-0.05, 0) is 29.8 Å². The molecule has 0 radical (unpaired) electrons. The third kappa shape index (κ3) is 4.60. The van der Waals surface area contributed by atoms with Crippen molar-refractivity contribution in [2.45, 2.75) is 6.04 Å². The molecule has 0 aliphatic heterocycles. The number of para-hydroxylation sites is 1. The summed E-state index contributed by atoms with van der Waals surface area (Å²) in [6.07, 6.45) is 3.52. The summed E-state index contributed by atoms with van der Waals surface area (Å²) in [5, 5.41) is 3.43. The highest BCUT2D eigenvalue weighted by atomic mass is 35.5. The van der Waals surface area contributed by atoms with Gasteiger partial charge in [0.2, 0.25) is 0 Å². The van der Waals surface area contributed by atoms with Crippen molar-refractivity contribution in [1.29, 1.82) is 0 Å². The quantitative estimate of drug-likeness (QED) is 0.677. The summed E-state index contributed by atoms with van der Waals surface area (Å²) in [6, 6.07) is 14.1. The van der Waals surface area contributed by atoms with E-state index in [1.165, 1.54) is 0 Å². The number of carbonyl (C=O) groups is 1. The summed E-state index contributed by atoms with van der Waals surface area (Å²) >= 11 is 6.06. The Kier molecular flexibility index (Phi) is 5.98. The predicted octanol–water partition coefficient (Wildman–Crippen LogP) is 3.37. The monoisotopic (exact) mass is 385 g/mol. The van der Waals surface area contributed by atoms with Crippen LogP contribution in [0.2, 0.25) is 5.02 Å². The summed E-state index contributed by atoms with van der Waals surface area (Å²) in [7, 11) is 3.49. The molecule has 0 saturated carbocycles. The van der Waals surface area contributed by atoms with Crippen LogP contribution in [0.3, 0.4) is 0 Å². The van der Waals surface area contributed by atoms with E-state index in [-0.39, 0.29) is 12.5 Å². The van der Waals surface area contributed by atoms with Crippen molar-refractivity contribution < 1.29 is 14.3 Å². The molecule has 7 heteroatoms. The van der Waals surface area contributed by atoms with Gasteiger partial charge in [0.05, 0.1) is 12.1 Å². The number of benzene rings is 2. The molecule has 1 N–H and O–H groups in total. The van der Waals surface area contributed by atoms with Gasteiger partial charge in [-0.2, -0.15) is 0 Å². The normalized spacial score (nSPS) is 11.7. The number of carbonyl (C=O) groups excluding carboxylic acids is 1. The maximum atomic E-state index is 12.5. The lowest BCUT2D eigenvalue weighted by Crippen LogP contribution is -2.34. The number of amides is 1. The van der Waals surface area contributed by atoms with Gasteiger partial charge < -0.3 is 19.4 Å². The molecular weight excluding hydrogens is 366 g/mol. The number of hydrogen-bond acceptors (Lipinski definition) is 4. The zero-order chi connectivity index (χ0) is 19.2. The van der Waals surface area contributed by atoms with E-state index in [0.29, 0.717) is 16.6 Å². The molecule has 1 aromatic heterocycles. The molecule has 0 spiro atoms. The van der Waals surface area contributed by atoms with Gasteiger partial charge in [-0.1, -0.05) is 35.9 Å². The molecule has 3 aromatic rings. The molecule has 1 heterocycles. The molecule has 27 heavy (non-hydrogen) atoms. The van der Waals surface area contributed by atoms with E-state index in [1.807, 2.05) is 42.1 Å². The first-order valence-corrected chi connectivity index (χ1v) is 8.74. The van der Waals surface area contributed by atoms with Gasteiger partial charge in [-0.15, -0.1) is 0 Å². The van der Waals surface area contributed by atoms with Crippen LogP contribution in [0.15, 0.2) is 60.9 Å². The van der Waals surface area contributed by atoms with E-state index >= 15 is 0 Å². The Morgan fingerprint density at radius 2 is 1.96 bits per heavy atom. The van der Waals surface area contributed by atoms with Crippen LogP contribution in [0.25, 0.3) is 0 Å². The Morgan fingerprint density at radius 3 is 2.59 bits per heavy atom. The summed E-state index contributed by atoms with van der Waals surface area (Å²) in [6.45, 7) is -0.152. The minimum Gasteiger partial charge on any atom is -0.497 e. The van der Waals surface area contributed by atoms with Crippen molar-refractivity contribution >= 4 is 17.5 Å². The second kappa shape index (κ2) is 8.60. The molecule has 1 amide bonds. The van der Waals surface area contributed by atoms with Crippen LogP contribution in [0, 0.1) is 0 Å². The fourth-order valence-corrected chi connectivity index (χ4v) is 2.85. The van der Waals surface area contributed by atoms with Gasteiger partial charge in [-0.25, -0.2) is 4.98 Å². The number of rotatable bonds is 7. The number of aromatic nitrogens is 2. The third-order valence-corrected chi connectivity index (χ3v) is 4.38. The molecule has 1 atom stereocenters. The van der Waals surface area contributed by atoms with Crippen molar-refractivity contribution in [2.24, 2.45) is 7.05 Å². The van der Waals surface area contributed by atoms with Gasteiger partial charge in [0, 0.05) is 19.4 Å². The van der Waals surface area contributed by atoms with Crippen LogP contribution in [0.5, 0.6) is 11.5 Å². The average Bonchev–Trinajstić information content (AvgIpc) is 3.11. The summed E-state index contributed by atoms with van der Waals surface area (Å²) < 4.78 is 12.6. The standard InChI is InChI=1S/C20H20ClN3O3/c1-24-12-11-22-20(24)19(14-7-9-15(26-2)10-8-14)23-18(25)13-27-17-6-4-3-5-16(17)21/h3-12,19H,13H2,1-2H3,(H,23,25). The zero-order valence-electron chi connectivity index (χ0n) is 15.1. The molecule has 140 valence electrons. The van der Waals surface area contributed by atoms with Crippen molar-refractivity contribution in [3.8, 4) is 11.5 Å². The number of halogens is 1. The number of nitrogens with one attached hydrogen (secondary N) is 1. The van der Waals surface area contributed by atoms with E-state index in [2.05, 4.69) is 10.3 Å². The minimum atomic E-state index is -0.418. The van der Waals surface area contributed by atoms with Crippen LogP contribution < -0.4 is 14.8 Å². The Hall–Kier alpha value is -2.99. The van der Waals surface area contributed by atoms with Crippen LogP contribution in [0.4, 0.5) is 0 Å². The Labute approximate surface area is 162 Å². The van der Waals surface area contributed by atoms with Crippen LogP contribution in [-0.4, -0.2) is 29.2 Å². The molecule has 0 bridgehead atoms. The second-order valence-electron chi connectivity index (χ2n) is 5.89. The van der Waals surface area contributed by atoms with E-state index in [9.17, 15) is 4.79 Å². The smallest absolute Gasteiger partial charge is 0.258 e. The number of nitrogens with zero attached hydrogens (tertiary/aromatic N) is 2. The van der Waals surface area contributed by atoms with Gasteiger partial charge in [0.25, 0.3) is 5.91 Å². The van der Waals surface area contributed by atoms with Gasteiger partial charge in [-0.3, -0.25) is 4.79 Å². The average molecular weight is 386 g/mol. The fourth-order valence-electron chi connectivity index (χ4n) is 2.66. The molecule has 0 aliphatic carbocycles. The Bertz CT molecular complexity index is 909. The maximum absolute atomic E-state index is 12.5. The van der Waals surface area contributed by atoms with E-state index in [0.717, 1.165) is 11.3 Å². The molecule has 0 aliphatic rings. The summed E-state index contributed by atoms with van der Waals surface area (Å²) in [4.78, 5) is 16.9. The van der Waals surface area contributed by atoms with E-state index in [4.69, 9.17) is 21.1 Å². The highest BCUT2D eigenvalue weighted by molar-refractivity contribution is 6.32. The molecule has 1 unspecified atom stereocenters. The second-order valence-corrected chi connectivity index (χ2v) is 6.30. The summed E-state index contributed by atoms with van der Waals surface area (Å²) in [5.74, 6) is 1.64. The minimum absolute atomic E-state index is 0.152. The van der Waals surface area contributed by atoms with Crippen molar-refractivity contribution in [1.82, 2.24) is 14.9 Å². The maximum Gasteiger partial charge on any atom is 0.258 e. The first kappa shape index (κ1) is 18.8. The van der Waals surface area contributed by atoms with Gasteiger partial charge in [0.15, 0.2) is 6.61 Å². The molecule has 3 rings (SSSR count). The predicted molar refractivity (Wildman–Crippen MR) is 103 cm³/mol. The number of aryl methyl sites for hydroxylation is 1.